The number of furan rings is 1. The van der Waals surface area contributed by atoms with Crippen molar-refractivity contribution in [2.75, 3.05) is 5.32 Å². The lowest BCUT2D eigenvalue weighted by atomic mass is 10.1. The van der Waals surface area contributed by atoms with Crippen LogP contribution in [-0.2, 0) is 11.2 Å². The number of aromatic nitrogens is 1. The highest BCUT2D eigenvalue weighted by Crippen LogP contribution is 2.33. The molecule has 2 aromatic carbocycles. The second-order valence-corrected chi connectivity index (χ2v) is 9.72. The first-order valence-electron chi connectivity index (χ1n) is 9.70. The van der Waals surface area contributed by atoms with Crippen molar-refractivity contribution in [3.8, 4) is 17.4 Å². The van der Waals surface area contributed by atoms with Crippen LogP contribution < -0.4 is 5.32 Å². The Hall–Kier alpha value is -2.79. The van der Waals surface area contributed by atoms with Crippen molar-refractivity contribution in [2.45, 2.75) is 6.42 Å². The normalized spacial score (nSPS) is 11.3. The van der Waals surface area contributed by atoms with Gasteiger partial charge in [0.1, 0.15) is 23.2 Å². The van der Waals surface area contributed by atoms with Gasteiger partial charge in [0.2, 0.25) is 0 Å². The van der Waals surface area contributed by atoms with Gasteiger partial charge >= 0.3 is 0 Å². The summed E-state index contributed by atoms with van der Waals surface area (Å²) in [5.41, 5.74) is 1.31. The van der Waals surface area contributed by atoms with E-state index in [4.69, 9.17) is 50.8 Å². The Labute approximate surface area is 219 Å². The number of nitrogens with one attached hydrogen (secondary N) is 1. The maximum absolute atomic E-state index is 12.6. The molecule has 0 saturated heterocycles. The van der Waals surface area contributed by atoms with Crippen LogP contribution in [0.1, 0.15) is 16.2 Å². The van der Waals surface area contributed by atoms with E-state index in [9.17, 15) is 10.1 Å². The van der Waals surface area contributed by atoms with E-state index in [0.717, 1.165) is 10.4 Å². The summed E-state index contributed by atoms with van der Waals surface area (Å²) < 4.78 is 5.74. The third kappa shape index (κ3) is 5.64. The summed E-state index contributed by atoms with van der Waals surface area (Å²) in [6.45, 7) is 0. The van der Waals surface area contributed by atoms with Gasteiger partial charge in [0.25, 0.3) is 5.91 Å². The molecule has 10 heteroatoms. The lowest BCUT2D eigenvalue weighted by Gasteiger charge is -2.03. The highest BCUT2D eigenvalue weighted by Gasteiger charge is 2.15. The second kappa shape index (κ2) is 10.6. The SMILES string of the molecule is N#C/C(=C\c1ccc(-c2cc(Cl)ccc2Cl)o1)C(=O)Nc1ncc(Cc2cccc(Cl)c2Cl)s1. The average molecular weight is 549 g/mol. The number of nitriles is 1. The zero-order chi connectivity index (χ0) is 24.2. The van der Waals surface area contributed by atoms with Gasteiger partial charge in [-0.05, 0) is 42.0 Å². The zero-order valence-electron chi connectivity index (χ0n) is 17.1. The maximum Gasteiger partial charge on any atom is 0.268 e. The van der Waals surface area contributed by atoms with Gasteiger partial charge in [-0.25, -0.2) is 4.98 Å². The van der Waals surface area contributed by atoms with Crippen molar-refractivity contribution in [3.05, 3.63) is 96.6 Å². The van der Waals surface area contributed by atoms with E-state index in [1.165, 1.54) is 17.4 Å². The predicted molar refractivity (Wildman–Crippen MR) is 138 cm³/mol. The molecule has 0 saturated carbocycles. The number of rotatable bonds is 6. The van der Waals surface area contributed by atoms with Crippen LogP contribution in [0.4, 0.5) is 5.13 Å². The highest BCUT2D eigenvalue weighted by atomic mass is 35.5. The molecule has 0 spiro atoms. The first-order chi connectivity index (χ1) is 16.3. The van der Waals surface area contributed by atoms with Crippen molar-refractivity contribution >= 4 is 74.9 Å². The highest BCUT2D eigenvalue weighted by molar-refractivity contribution is 7.15. The van der Waals surface area contributed by atoms with Gasteiger partial charge in [-0.2, -0.15) is 5.26 Å². The summed E-state index contributed by atoms with van der Waals surface area (Å²) in [6, 6.07) is 15.6. The van der Waals surface area contributed by atoms with Gasteiger partial charge in [0.15, 0.2) is 5.13 Å². The van der Waals surface area contributed by atoms with Gasteiger partial charge in [0, 0.05) is 34.2 Å². The maximum atomic E-state index is 12.6. The van der Waals surface area contributed by atoms with E-state index in [-0.39, 0.29) is 5.57 Å². The number of amides is 1. The number of thiazole rings is 1. The number of carbonyl (C=O) groups excluding carboxylic acids is 1. The Bertz CT molecular complexity index is 1450. The minimum absolute atomic E-state index is 0.146. The minimum atomic E-state index is -0.608. The van der Waals surface area contributed by atoms with Gasteiger partial charge < -0.3 is 4.42 Å². The van der Waals surface area contributed by atoms with Crippen molar-refractivity contribution in [1.82, 2.24) is 4.98 Å². The number of nitrogens with zero attached hydrogens (tertiary/aromatic N) is 2. The Morgan fingerprint density at radius 1 is 1.12 bits per heavy atom. The monoisotopic (exact) mass is 547 g/mol. The molecule has 1 amide bonds. The van der Waals surface area contributed by atoms with E-state index in [1.54, 1.807) is 42.6 Å². The smallest absolute Gasteiger partial charge is 0.268 e. The molecule has 0 aliphatic rings. The van der Waals surface area contributed by atoms with E-state index < -0.39 is 5.91 Å². The molecule has 34 heavy (non-hydrogen) atoms. The lowest BCUT2D eigenvalue weighted by molar-refractivity contribution is -0.112. The van der Waals surface area contributed by atoms with Crippen LogP contribution in [0.15, 0.2) is 64.7 Å². The van der Waals surface area contributed by atoms with Crippen molar-refractivity contribution in [3.63, 3.8) is 0 Å². The molecule has 4 rings (SSSR count). The summed E-state index contributed by atoms with van der Waals surface area (Å²) in [7, 11) is 0. The number of carbonyl (C=O) groups is 1. The third-order valence-corrected chi connectivity index (χ3v) is 6.98. The summed E-state index contributed by atoms with van der Waals surface area (Å²) >= 11 is 25.8. The van der Waals surface area contributed by atoms with Crippen LogP contribution in [-0.4, -0.2) is 10.9 Å². The molecular weight excluding hydrogens is 536 g/mol. The van der Waals surface area contributed by atoms with E-state index in [2.05, 4.69) is 10.3 Å². The molecule has 4 aromatic rings. The van der Waals surface area contributed by atoms with Crippen LogP contribution in [0.5, 0.6) is 0 Å². The van der Waals surface area contributed by atoms with E-state index in [0.29, 0.717) is 48.7 Å². The molecule has 0 unspecified atom stereocenters. The van der Waals surface area contributed by atoms with Gasteiger partial charge in [-0.3, -0.25) is 10.1 Å². The number of halogens is 4. The van der Waals surface area contributed by atoms with Crippen LogP contribution in [0.2, 0.25) is 20.1 Å². The van der Waals surface area contributed by atoms with Crippen LogP contribution in [0.25, 0.3) is 17.4 Å². The second-order valence-electron chi connectivity index (χ2n) is 6.97. The number of hydrogen-bond donors (Lipinski definition) is 1. The molecule has 2 heterocycles. The number of benzene rings is 2. The third-order valence-electron chi connectivity index (χ3n) is 4.64. The molecular formula is C24H13Cl4N3O2S. The van der Waals surface area contributed by atoms with Crippen molar-refractivity contribution in [2.24, 2.45) is 0 Å². The summed E-state index contributed by atoms with van der Waals surface area (Å²) in [5.74, 6) is 0.164. The fraction of sp³-hybridized carbons (Fsp3) is 0.0417. The largest absolute Gasteiger partial charge is 0.457 e. The molecule has 0 aliphatic heterocycles. The Kier molecular flexibility index (Phi) is 7.62. The molecule has 0 aliphatic carbocycles. The van der Waals surface area contributed by atoms with Crippen molar-refractivity contribution < 1.29 is 9.21 Å². The standard InChI is InChI=1S/C24H13Cl4N3O2S/c25-15-4-6-19(26)18(10-15)21-7-5-16(33-21)8-14(11-29)23(32)31-24-30-12-17(34-24)9-13-2-1-3-20(27)22(13)28/h1-8,10,12H,9H2,(H,30,31,32)/b14-8+. The van der Waals surface area contributed by atoms with Crippen molar-refractivity contribution in [1.29, 1.82) is 5.26 Å². The first kappa shape index (κ1) is 24.3. The zero-order valence-corrected chi connectivity index (χ0v) is 21.0. The lowest BCUT2D eigenvalue weighted by Crippen LogP contribution is -2.13. The van der Waals surface area contributed by atoms with Crippen LogP contribution in [0, 0.1) is 11.3 Å². The van der Waals surface area contributed by atoms with Gasteiger partial charge in [-0.15, -0.1) is 11.3 Å². The fourth-order valence-electron chi connectivity index (χ4n) is 3.04. The molecule has 5 nitrogen and oxygen atoms in total. The summed E-state index contributed by atoms with van der Waals surface area (Å²) in [6.07, 6.45) is 3.49. The summed E-state index contributed by atoms with van der Waals surface area (Å²) in [4.78, 5) is 17.7. The topological polar surface area (TPSA) is 78.9 Å². The Morgan fingerprint density at radius 3 is 2.74 bits per heavy atom. The summed E-state index contributed by atoms with van der Waals surface area (Å²) in [5, 5.41) is 14.4. The fourth-order valence-corrected chi connectivity index (χ4v) is 4.64. The first-order valence-corrected chi connectivity index (χ1v) is 12.0. The molecule has 0 bridgehead atoms. The van der Waals surface area contributed by atoms with Crippen LogP contribution in [0.3, 0.4) is 0 Å². The van der Waals surface area contributed by atoms with Gasteiger partial charge in [-0.1, -0.05) is 58.5 Å². The number of anilines is 1. The molecule has 1 N–H and O–H groups in total. The minimum Gasteiger partial charge on any atom is -0.457 e. The quantitative estimate of drug-likeness (QED) is 0.195. The Balaban J connectivity index is 1.48. The molecule has 170 valence electrons. The van der Waals surface area contributed by atoms with Gasteiger partial charge in [0.05, 0.1) is 15.1 Å². The molecule has 0 fully saturated rings. The molecule has 0 radical (unpaired) electrons. The Morgan fingerprint density at radius 2 is 1.94 bits per heavy atom. The average Bonchev–Trinajstić information content (AvgIpc) is 3.46. The number of hydrogen-bond acceptors (Lipinski definition) is 5. The molecule has 0 atom stereocenters. The van der Waals surface area contributed by atoms with E-state index in [1.807, 2.05) is 18.2 Å². The van der Waals surface area contributed by atoms with Crippen LogP contribution >= 0.6 is 57.7 Å². The predicted octanol–water partition coefficient (Wildman–Crippen LogP) is 8.15. The molecule has 2 aromatic heterocycles. The van der Waals surface area contributed by atoms with E-state index >= 15 is 0 Å².